The maximum Gasteiger partial charge on any atom is 0.442 e. The topological polar surface area (TPSA) is 0 Å². The highest BCUT2D eigenvalue weighted by atomic mass is 32.2. The molecule has 0 saturated carbocycles. The van der Waals surface area contributed by atoms with Crippen LogP contribution in [0, 0.1) is 0 Å². The Morgan fingerprint density at radius 3 is 2.33 bits per heavy atom. The van der Waals surface area contributed by atoms with Crippen LogP contribution in [0.3, 0.4) is 0 Å². The van der Waals surface area contributed by atoms with Crippen LogP contribution >= 0.6 is 11.8 Å². The molecular formula is C11H13F3S. The van der Waals surface area contributed by atoms with Crippen LogP contribution in [0.5, 0.6) is 0 Å². The van der Waals surface area contributed by atoms with Crippen molar-refractivity contribution in [2.45, 2.75) is 30.5 Å². The monoisotopic (exact) mass is 234 g/mol. The van der Waals surface area contributed by atoms with E-state index in [0.717, 1.165) is 5.56 Å². The van der Waals surface area contributed by atoms with Crippen molar-refractivity contribution < 1.29 is 13.2 Å². The summed E-state index contributed by atoms with van der Waals surface area (Å²) >= 11 is 0.0760. The van der Waals surface area contributed by atoms with Gasteiger partial charge in [-0.3, -0.25) is 0 Å². The van der Waals surface area contributed by atoms with Gasteiger partial charge in [-0.1, -0.05) is 37.3 Å². The van der Waals surface area contributed by atoms with Gasteiger partial charge in [0.15, 0.2) is 0 Å². The second-order valence-corrected chi connectivity index (χ2v) is 4.90. The van der Waals surface area contributed by atoms with E-state index < -0.39 is 5.51 Å². The van der Waals surface area contributed by atoms with Gasteiger partial charge in [0.2, 0.25) is 0 Å². The lowest BCUT2D eigenvalue weighted by Gasteiger charge is -2.12. The number of halogens is 3. The smallest absolute Gasteiger partial charge is 0.160 e. The minimum Gasteiger partial charge on any atom is -0.160 e. The quantitative estimate of drug-likeness (QED) is 0.750. The summed E-state index contributed by atoms with van der Waals surface area (Å²) in [5.41, 5.74) is -3.03. The minimum atomic E-state index is -4.11. The number of alkyl halides is 3. The molecule has 15 heavy (non-hydrogen) atoms. The largest absolute Gasteiger partial charge is 0.442 e. The number of benzene rings is 1. The van der Waals surface area contributed by atoms with E-state index in [2.05, 4.69) is 0 Å². The Bertz CT molecular complexity index is 282. The van der Waals surface area contributed by atoms with Gasteiger partial charge in [0.25, 0.3) is 0 Å². The van der Waals surface area contributed by atoms with E-state index in [1.807, 2.05) is 30.3 Å². The molecule has 0 aliphatic carbocycles. The Balaban J connectivity index is 2.32. The van der Waals surface area contributed by atoms with Crippen LogP contribution in [0.2, 0.25) is 0 Å². The van der Waals surface area contributed by atoms with Crippen molar-refractivity contribution >= 4 is 11.8 Å². The third-order valence-electron chi connectivity index (χ3n) is 2.02. The molecule has 1 aromatic carbocycles. The van der Waals surface area contributed by atoms with Gasteiger partial charge in [-0.25, -0.2) is 0 Å². The van der Waals surface area contributed by atoms with Gasteiger partial charge in [-0.05, 0) is 30.2 Å². The number of rotatable bonds is 4. The fourth-order valence-electron chi connectivity index (χ4n) is 1.30. The summed E-state index contributed by atoms with van der Waals surface area (Å²) in [6.07, 6.45) is 1.25. The highest BCUT2D eigenvalue weighted by molar-refractivity contribution is 8.00. The zero-order valence-corrected chi connectivity index (χ0v) is 9.24. The maximum atomic E-state index is 12.0. The molecule has 0 spiro atoms. The van der Waals surface area contributed by atoms with Crippen LogP contribution in [0.15, 0.2) is 30.3 Å². The van der Waals surface area contributed by atoms with E-state index in [1.165, 1.54) is 0 Å². The lowest BCUT2D eigenvalue weighted by Crippen LogP contribution is -2.09. The van der Waals surface area contributed by atoms with E-state index in [4.69, 9.17) is 0 Å². The summed E-state index contributed by atoms with van der Waals surface area (Å²) in [6.45, 7) is 1.61. The standard InChI is InChI=1S/C11H13F3S/c1-9(15-11(12,13)14)7-8-10-5-3-2-4-6-10/h2-6,9H,7-8H2,1H3. The number of thioether (sulfide) groups is 1. The predicted octanol–water partition coefficient (Wildman–Crippen LogP) is 4.26. The van der Waals surface area contributed by atoms with Gasteiger partial charge in [0.1, 0.15) is 0 Å². The van der Waals surface area contributed by atoms with Crippen molar-refractivity contribution in [1.82, 2.24) is 0 Å². The molecule has 0 aliphatic heterocycles. The Morgan fingerprint density at radius 1 is 1.20 bits per heavy atom. The predicted molar refractivity (Wildman–Crippen MR) is 57.9 cm³/mol. The molecule has 1 rings (SSSR count). The van der Waals surface area contributed by atoms with Crippen LogP contribution in [-0.4, -0.2) is 10.8 Å². The summed E-state index contributed by atoms with van der Waals surface area (Å²) in [6, 6.07) is 9.57. The molecule has 0 saturated heterocycles. The summed E-state index contributed by atoms with van der Waals surface area (Å²) in [5.74, 6) is 0. The Hall–Kier alpha value is -0.640. The van der Waals surface area contributed by atoms with Gasteiger partial charge in [0, 0.05) is 5.25 Å². The van der Waals surface area contributed by atoms with Crippen molar-refractivity contribution in [2.75, 3.05) is 0 Å². The summed E-state index contributed by atoms with van der Waals surface area (Å²) in [7, 11) is 0. The van der Waals surface area contributed by atoms with Crippen molar-refractivity contribution in [1.29, 1.82) is 0 Å². The first kappa shape index (κ1) is 12.4. The molecule has 0 radical (unpaired) electrons. The van der Waals surface area contributed by atoms with Gasteiger partial charge in [-0.15, -0.1) is 0 Å². The lowest BCUT2D eigenvalue weighted by atomic mass is 10.1. The molecule has 4 heteroatoms. The summed E-state index contributed by atoms with van der Waals surface area (Å²) < 4.78 is 36.0. The number of aryl methyl sites for hydroxylation is 1. The highest BCUT2D eigenvalue weighted by Crippen LogP contribution is 2.35. The first-order valence-corrected chi connectivity index (χ1v) is 5.64. The molecule has 0 heterocycles. The van der Waals surface area contributed by atoms with E-state index in [0.29, 0.717) is 12.8 Å². The van der Waals surface area contributed by atoms with Gasteiger partial charge < -0.3 is 0 Å². The van der Waals surface area contributed by atoms with Crippen LogP contribution in [0.1, 0.15) is 18.9 Å². The Labute approximate surface area is 91.9 Å². The first-order chi connectivity index (χ1) is 6.97. The molecule has 0 aromatic heterocycles. The molecule has 0 fully saturated rings. The molecule has 1 unspecified atom stereocenters. The van der Waals surface area contributed by atoms with Gasteiger partial charge in [0.05, 0.1) is 0 Å². The summed E-state index contributed by atoms with van der Waals surface area (Å²) in [4.78, 5) is 0. The average molecular weight is 234 g/mol. The van der Waals surface area contributed by atoms with Crippen molar-refractivity contribution in [3.8, 4) is 0 Å². The third-order valence-corrected chi connectivity index (χ3v) is 2.92. The molecule has 0 amide bonds. The average Bonchev–Trinajstić information content (AvgIpc) is 2.14. The number of hydrogen-bond acceptors (Lipinski definition) is 1. The van der Waals surface area contributed by atoms with Crippen LogP contribution in [-0.2, 0) is 6.42 Å². The lowest BCUT2D eigenvalue weighted by molar-refractivity contribution is -0.0333. The SMILES string of the molecule is CC(CCc1ccccc1)SC(F)(F)F. The van der Waals surface area contributed by atoms with E-state index in [1.54, 1.807) is 6.92 Å². The molecule has 0 bridgehead atoms. The molecule has 1 atom stereocenters. The van der Waals surface area contributed by atoms with Crippen molar-refractivity contribution in [2.24, 2.45) is 0 Å². The van der Waals surface area contributed by atoms with Crippen LogP contribution in [0.4, 0.5) is 13.2 Å². The van der Waals surface area contributed by atoms with Crippen molar-refractivity contribution in [3.05, 3.63) is 35.9 Å². The molecule has 0 nitrogen and oxygen atoms in total. The van der Waals surface area contributed by atoms with Crippen LogP contribution in [0.25, 0.3) is 0 Å². The molecule has 84 valence electrons. The fourth-order valence-corrected chi connectivity index (χ4v) is 1.99. The van der Waals surface area contributed by atoms with Crippen molar-refractivity contribution in [3.63, 3.8) is 0 Å². The zero-order valence-electron chi connectivity index (χ0n) is 8.42. The minimum absolute atomic E-state index is 0.0760. The van der Waals surface area contributed by atoms with Gasteiger partial charge >= 0.3 is 5.51 Å². The second-order valence-electron chi connectivity index (χ2n) is 3.40. The third kappa shape index (κ3) is 5.72. The second kappa shape index (κ2) is 5.45. The normalized spacial score (nSPS) is 13.9. The maximum absolute atomic E-state index is 12.0. The molecule has 0 N–H and O–H groups in total. The Morgan fingerprint density at radius 2 is 1.80 bits per heavy atom. The number of hydrogen-bond donors (Lipinski definition) is 0. The van der Waals surface area contributed by atoms with Crippen LogP contribution < -0.4 is 0 Å². The highest BCUT2D eigenvalue weighted by Gasteiger charge is 2.30. The Kier molecular flexibility index (Phi) is 4.51. The first-order valence-electron chi connectivity index (χ1n) is 4.76. The van der Waals surface area contributed by atoms with E-state index in [9.17, 15) is 13.2 Å². The zero-order chi connectivity index (χ0) is 11.3. The summed E-state index contributed by atoms with van der Waals surface area (Å²) in [5, 5.41) is -0.384. The van der Waals surface area contributed by atoms with E-state index in [-0.39, 0.29) is 17.0 Å². The molecular weight excluding hydrogens is 221 g/mol. The van der Waals surface area contributed by atoms with Gasteiger partial charge in [-0.2, -0.15) is 13.2 Å². The molecule has 1 aromatic rings. The molecule has 0 aliphatic rings. The fraction of sp³-hybridized carbons (Fsp3) is 0.455. The van der Waals surface area contributed by atoms with E-state index >= 15 is 0 Å².